The Bertz CT molecular complexity index is 890. The van der Waals surface area contributed by atoms with Gasteiger partial charge in [0.25, 0.3) is 5.91 Å². The number of carbonyl (C=O) groups is 2. The number of hydrogen-bond acceptors (Lipinski definition) is 3. The fourth-order valence-electron chi connectivity index (χ4n) is 3.23. The van der Waals surface area contributed by atoms with Crippen LogP contribution in [0.15, 0.2) is 36.4 Å². The van der Waals surface area contributed by atoms with Crippen molar-refractivity contribution in [1.29, 1.82) is 0 Å². The molecule has 6 nitrogen and oxygen atoms in total. The molecule has 3 amide bonds. The zero-order chi connectivity index (χ0) is 19.6. The van der Waals surface area contributed by atoms with Gasteiger partial charge in [-0.3, -0.25) is 4.79 Å². The summed E-state index contributed by atoms with van der Waals surface area (Å²) in [4.78, 5) is 24.5. The number of carbonyl (C=O) groups excluding carboxylic acids is 2. The van der Waals surface area contributed by atoms with E-state index in [1.54, 1.807) is 19.2 Å². The second-order valence-corrected chi connectivity index (χ2v) is 6.54. The Labute approximate surface area is 161 Å². The quantitative estimate of drug-likeness (QED) is 0.748. The maximum Gasteiger partial charge on any atom is 0.315 e. The number of amides is 3. The standard InChI is InChI=1S/C19H19ClFN3O3/c1-22-19(26)24-17-11-4-3-5-12(13(11)9-16(17)27-2)18(25)23-10-6-7-15(21)14(20)8-10/h3-8,16-17H,9H2,1-2H3,(H,23,25)(H2,22,24,26)/t16-,17-/m1/s1. The van der Waals surface area contributed by atoms with Gasteiger partial charge in [0.2, 0.25) is 0 Å². The number of fused-ring (bicyclic) bond motifs is 1. The Hall–Kier alpha value is -2.64. The largest absolute Gasteiger partial charge is 0.379 e. The summed E-state index contributed by atoms with van der Waals surface area (Å²) in [5, 5.41) is 8.02. The number of urea groups is 1. The fraction of sp³-hybridized carbons (Fsp3) is 0.263. The van der Waals surface area contributed by atoms with Gasteiger partial charge in [-0.25, -0.2) is 9.18 Å². The van der Waals surface area contributed by atoms with Crippen LogP contribution >= 0.6 is 11.6 Å². The van der Waals surface area contributed by atoms with Crippen LogP contribution in [0.25, 0.3) is 0 Å². The Kier molecular flexibility index (Phi) is 5.62. The van der Waals surface area contributed by atoms with Gasteiger partial charge in [0.1, 0.15) is 5.82 Å². The second kappa shape index (κ2) is 7.94. The van der Waals surface area contributed by atoms with Gasteiger partial charge < -0.3 is 20.7 Å². The van der Waals surface area contributed by atoms with Crippen molar-refractivity contribution in [3.05, 3.63) is 63.9 Å². The maximum atomic E-state index is 13.3. The van der Waals surface area contributed by atoms with Crippen molar-refractivity contribution in [2.75, 3.05) is 19.5 Å². The molecule has 0 aromatic heterocycles. The highest BCUT2D eigenvalue weighted by Crippen LogP contribution is 2.35. The average Bonchev–Trinajstić information content (AvgIpc) is 3.02. The average molecular weight is 392 g/mol. The van der Waals surface area contributed by atoms with E-state index in [-0.39, 0.29) is 29.1 Å². The number of benzene rings is 2. The molecule has 0 heterocycles. The van der Waals surface area contributed by atoms with Crippen molar-refractivity contribution in [3.8, 4) is 0 Å². The number of ether oxygens (including phenoxy) is 1. The van der Waals surface area contributed by atoms with E-state index in [1.807, 2.05) is 6.07 Å². The number of anilines is 1. The zero-order valence-electron chi connectivity index (χ0n) is 14.8. The van der Waals surface area contributed by atoms with Gasteiger partial charge >= 0.3 is 6.03 Å². The lowest BCUT2D eigenvalue weighted by Gasteiger charge is -2.20. The number of rotatable bonds is 4. The molecule has 3 rings (SSSR count). The van der Waals surface area contributed by atoms with Gasteiger partial charge in [-0.05, 0) is 35.4 Å². The Balaban J connectivity index is 1.89. The second-order valence-electron chi connectivity index (χ2n) is 6.14. The molecular formula is C19H19ClFN3O3. The van der Waals surface area contributed by atoms with Crippen molar-refractivity contribution in [2.45, 2.75) is 18.6 Å². The van der Waals surface area contributed by atoms with Crippen molar-refractivity contribution < 1.29 is 18.7 Å². The highest BCUT2D eigenvalue weighted by Gasteiger charge is 2.36. The SMILES string of the molecule is CNC(=O)N[C@@H]1c2cccc(C(=O)Nc3ccc(F)c(Cl)c3)c2C[C@H]1OC. The van der Waals surface area contributed by atoms with Crippen LogP contribution in [-0.2, 0) is 11.2 Å². The minimum atomic E-state index is -0.554. The van der Waals surface area contributed by atoms with Crippen molar-refractivity contribution in [1.82, 2.24) is 10.6 Å². The highest BCUT2D eigenvalue weighted by atomic mass is 35.5. The number of halogens is 2. The molecule has 0 radical (unpaired) electrons. The summed E-state index contributed by atoms with van der Waals surface area (Å²) < 4.78 is 18.8. The van der Waals surface area contributed by atoms with Crippen LogP contribution in [0.5, 0.6) is 0 Å². The summed E-state index contributed by atoms with van der Waals surface area (Å²) in [6, 6.07) is 8.61. The van der Waals surface area contributed by atoms with E-state index in [4.69, 9.17) is 16.3 Å². The minimum Gasteiger partial charge on any atom is -0.379 e. The van der Waals surface area contributed by atoms with Crippen LogP contribution < -0.4 is 16.0 Å². The zero-order valence-corrected chi connectivity index (χ0v) is 15.6. The first-order valence-electron chi connectivity index (χ1n) is 8.33. The molecule has 0 aliphatic heterocycles. The molecule has 1 aliphatic carbocycles. The Morgan fingerprint density at radius 2 is 2.04 bits per heavy atom. The maximum absolute atomic E-state index is 13.3. The number of nitrogens with one attached hydrogen (secondary N) is 3. The molecule has 0 saturated carbocycles. The normalized spacial score (nSPS) is 17.9. The lowest BCUT2D eigenvalue weighted by atomic mass is 10.0. The monoisotopic (exact) mass is 391 g/mol. The molecule has 0 bridgehead atoms. The molecule has 2 atom stereocenters. The molecule has 2 aromatic rings. The molecule has 3 N–H and O–H groups in total. The van der Waals surface area contributed by atoms with E-state index < -0.39 is 5.82 Å². The first kappa shape index (κ1) is 19.1. The molecule has 2 aromatic carbocycles. The van der Waals surface area contributed by atoms with Gasteiger partial charge in [-0.15, -0.1) is 0 Å². The van der Waals surface area contributed by atoms with Gasteiger partial charge in [0.15, 0.2) is 0 Å². The third-order valence-corrected chi connectivity index (χ3v) is 4.85. The smallest absolute Gasteiger partial charge is 0.315 e. The van der Waals surface area contributed by atoms with Crippen LogP contribution in [0.3, 0.4) is 0 Å². The van der Waals surface area contributed by atoms with Crippen molar-refractivity contribution in [3.63, 3.8) is 0 Å². The van der Waals surface area contributed by atoms with E-state index in [0.29, 0.717) is 17.7 Å². The Morgan fingerprint density at radius 3 is 2.70 bits per heavy atom. The number of methoxy groups -OCH3 is 1. The van der Waals surface area contributed by atoms with E-state index in [0.717, 1.165) is 11.1 Å². The molecule has 142 valence electrons. The first-order chi connectivity index (χ1) is 12.9. The van der Waals surface area contributed by atoms with Crippen LogP contribution in [0.1, 0.15) is 27.5 Å². The molecule has 8 heteroatoms. The third kappa shape index (κ3) is 3.89. The number of hydrogen-bond donors (Lipinski definition) is 3. The van der Waals surface area contributed by atoms with Crippen LogP contribution in [0.2, 0.25) is 5.02 Å². The third-order valence-electron chi connectivity index (χ3n) is 4.56. The molecule has 0 spiro atoms. The molecule has 0 fully saturated rings. The Morgan fingerprint density at radius 1 is 1.26 bits per heavy atom. The molecular weight excluding hydrogens is 373 g/mol. The summed E-state index contributed by atoms with van der Waals surface area (Å²) in [5.74, 6) is -0.897. The molecule has 0 saturated heterocycles. The lowest BCUT2D eigenvalue weighted by molar-refractivity contribution is 0.0814. The van der Waals surface area contributed by atoms with Crippen molar-refractivity contribution in [2.24, 2.45) is 0 Å². The first-order valence-corrected chi connectivity index (χ1v) is 8.71. The van der Waals surface area contributed by atoms with Gasteiger partial charge in [0, 0.05) is 31.8 Å². The van der Waals surface area contributed by atoms with E-state index in [2.05, 4.69) is 16.0 Å². The lowest BCUT2D eigenvalue weighted by Crippen LogP contribution is -2.39. The van der Waals surface area contributed by atoms with Gasteiger partial charge in [-0.1, -0.05) is 23.7 Å². The topological polar surface area (TPSA) is 79.5 Å². The molecule has 1 aliphatic rings. The van der Waals surface area contributed by atoms with E-state index in [1.165, 1.54) is 25.2 Å². The van der Waals surface area contributed by atoms with Crippen LogP contribution in [0, 0.1) is 5.82 Å². The molecule has 0 unspecified atom stereocenters. The highest BCUT2D eigenvalue weighted by molar-refractivity contribution is 6.31. The predicted molar refractivity (Wildman–Crippen MR) is 101 cm³/mol. The fourth-order valence-corrected chi connectivity index (χ4v) is 3.41. The van der Waals surface area contributed by atoms with Crippen LogP contribution in [0.4, 0.5) is 14.9 Å². The summed E-state index contributed by atoms with van der Waals surface area (Å²) in [7, 11) is 3.10. The van der Waals surface area contributed by atoms with E-state index >= 15 is 0 Å². The summed E-state index contributed by atoms with van der Waals surface area (Å²) >= 11 is 5.77. The summed E-state index contributed by atoms with van der Waals surface area (Å²) in [5.41, 5.74) is 2.49. The summed E-state index contributed by atoms with van der Waals surface area (Å²) in [6.45, 7) is 0. The van der Waals surface area contributed by atoms with Crippen molar-refractivity contribution >= 4 is 29.2 Å². The summed E-state index contributed by atoms with van der Waals surface area (Å²) in [6.07, 6.45) is 0.195. The van der Waals surface area contributed by atoms with E-state index in [9.17, 15) is 14.0 Å². The predicted octanol–water partition coefficient (Wildman–Crippen LogP) is 3.27. The molecule has 27 heavy (non-hydrogen) atoms. The van der Waals surface area contributed by atoms with Gasteiger partial charge in [-0.2, -0.15) is 0 Å². The minimum absolute atomic E-state index is 0.0691. The van der Waals surface area contributed by atoms with Crippen LogP contribution in [-0.4, -0.2) is 32.2 Å². The van der Waals surface area contributed by atoms with Gasteiger partial charge in [0.05, 0.1) is 17.2 Å².